The van der Waals surface area contributed by atoms with Gasteiger partial charge in [0.25, 0.3) is 0 Å². The molecule has 1 aliphatic heterocycles. The van der Waals surface area contributed by atoms with Crippen molar-refractivity contribution in [3.05, 3.63) is 34.9 Å². The summed E-state index contributed by atoms with van der Waals surface area (Å²) in [5.41, 5.74) is 0.960. The van der Waals surface area contributed by atoms with Crippen molar-refractivity contribution >= 4 is 17.5 Å². The molecule has 3 nitrogen and oxygen atoms in total. The third kappa shape index (κ3) is 3.72. The molecule has 2 rings (SSSR count). The lowest BCUT2D eigenvalue weighted by atomic mass is 10.1. The van der Waals surface area contributed by atoms with E-state index in [1.165, 1.54) is 0 Å². The Morgan fingerprint density at radius 2 is 2.41 bits per heavy atom. The molecule has 92 valence electrons. The zero-order valence-corrected chi connectivity index (χ0v) is 10.7. The van der Waals surface area contributed by atoms with Crippen LogP contribution in [0, 0.1) is 0 Å². The van der Waals surface area contributed by atoms with Gasteiger partial charge < -0.3 is 10.2 Å². The Balaban J connectivity index is 1.85. The summed E-state index contributed by atoms with van der Waals surface area (Å²) in [7, 11) is 2.07. The predicted octanol–water partition coefficient (Wildman–Crippen LogP) is 1.70. The smallest absolute Gasteiger partial charge is 0.224 e. The second-order valence-electron chi connectivity index (χ2n) is 4.62. The first-order valence-electron chi connectivity index (χ1n) is 5.86. The standard InChI is InChI=1S/C13H17ClN2O/c1-16-6-5-12(9-16)15-13(17)8-10-3-2-4-11(14)7-10/h2-4,7,12H,5-6,8-9H2,1H3,(H,15,17). The first kappa shape index (κ1) is 12.4. The van der Waals surface area contributed by atoms with Crippen molar-refractivity contribution in [2.24, 2.45) is 0 Å². The molecule has 17 heavy (non-hydrogen) atoms. The molecule has 0 radical (unpaired) electrons. The Hall–Kier alpha value is -1.06. The molecular weight excluding hydrogens is 236 g/mol. The maximum atomic E-state index is 11.8. The van der Waals surface area contributed by atoms with E-state index in [1.54, 1.807) is 0 Å². The average molecular weight is 253 g/mol. The fourth-order valence-electron chi connectivity index (χ4n) is 2.16. The van der Waals surface area contributed by atoms with Gasteiger partial charge in [-0.1, -0.05) is 23.7 Å². The van der Waals surface area contributed by atoms with Gasteiger partial charge in [0, 0.05) is 17.6 Å². The third-order valence-corrected chi connectivity index (χ3v) is 3.25. The van der Waals surface area contributed by atoms with E-state index in [0.29, 0.717) is 17.5 Å². The SMILES string of the molecule is CN1CCC(NC(=O)Cc2cccc(Cl)c2)C1. The second kappa shape index (κ2) is 5.52. The van der Waals surface area contributed by atoms with Gasteiger partial charge >= 0.3 is 0 Å². The van der Waals surface area contributed by atoms with Gasteiger partial charge in [-0.2, -0.15) is 0 Å². The van der Waals surface area contributed by atoms with Crippen molar-refractivity contribution in [1.29, 1.82) is 0 Å². The molecule has 0 bridgehead atoms. The highest BCUT2D eigenvalue weighted by Gasteiger charge is 2.20. The number of likely N-dealkylation sites (tertiary alicyclic amines) is 1. The van der Waals surface area contributed by atoms with Gasteiger partial charge in [-0.25, -0.2) is 0 Å². The van der Waals surface area contributed by atoms with Crippen LogP contribution in [0.3, 0.4) is 0 Å². The number of carbonyl (C=O) groups is 1. The monoisotopic (exact) mass is 252 g/mol. The summed E-state index contributed by atoms with van der Waals surface area (Å²) in [6.45, 7) is 2.00. The van der Waals surface area contributed by atoms with E-state index >= 15 is 0 Å². The molecule has 1 unspecified atom stereocenters. The number of hydrogen-bond donors (Lipinski definition) is 1. The minimum atomic E-state index is 0.0765. The van der Waals surface area contributed by atoms with Gasteiger partial charge in [-0.3, -0.25) is 4.79 Å². The molecule has 0 spiro atoms. The van der Waals surface area contributed by atoms with Crippen molar-refractivity contribution < 1.29 is 4.79 Å². The van der Waals surface area contributed by atoms with Crippen LogP contribution in [0.4, 0.5) is 0 Å². The average Bonchev–Trinajstić information content (AvgIpc) is 2.63. The van der Waals surface area contributed by atoms with Crippen LogP contribution in [-0.2, 0) is 11.2 Å². The molecule has 0 saturated carbocycles. The fourth-order valence-corrected chi connectivity index (χ4v) is 2.38. The van der Waals surface area contributed by atoms with Crippen molar-refractivity contribution in [3.8, 4) is 0 Å². The van der Waals surface area contributed by atoms with E-state index in [2.05, 4.69) is 17.3 Å². The zero-order chi connectivity index (χ0) is 12.3. The first-order chi connectivity index (χ1) is 8.13. The lowest BCUT2D eigenvalue weighted by Gasteiger charge is -2.12. The normalized spacial score (nSPS) is 20.5. The molecule has 1 amide bonds. The van der Waals surface area contributed by atoms with E-state index in [1.807, 2.05) is 24.3 Å². The summed E-state index contributed by atoms with van der Waals surface area (Å²) in [5, 5.41) is 3.73. The quantitative estimate of drug-likeness (QED) is 0.888. The molecule has 1 aromatic rings. The van der Waals surface area contributed by atoms with Crippen LogP contribution in [0.15, 0.2) is 24.3 Å². The zero-order valence-electron chi connectivity index (χ0n) is 9.95. The molecule has 1 atom stereocenters. The van der Waals surface area contributed by atoms with Crippen LogP contribution in [-0.4, -0.2) is 37.0 Å². The van der Waals surface area contributed by atoms with Crippen molar-refractivity contribution in [2.45, 2.75) is 18.9 Å². The number of likely N-dealkylation sites (N-methyl/N-ethyl adjacent to an activating group) is 1. The number of carbonyl (C=O) groups excluding carboxylic acids is 1. The highest BCUT2D eigenvalue weighted by molar-refractivity contribution is 6.30. The maximum Gasteiger partial charge on any atom is 0.224 e. The van der Waals surface area contributed by atoms with Gasteiger partial charge in [-0.15, -0.1) is 0 Å². The predicted molar refractivity (Wildman–Crippen MR) is 69.2 cm³/mol. The fraction of sp³-hybridized carbons (Fsp3) is 0.462. The summed E-state index contributed by atoms with van der Waals surface area (Å²) < 4.78 is 0. The molecule has 0 aromatic heterocycles. The third-order valence-electron chi connectivity index (χ3n) is 3.01. The molecule has 1 heterocycles. The number of nitrogens with zero attached hydrogens (tertiary/aromatic N) is 1. The topological polar surface area (TPSA) is 32.3 Å². The Morgan fingerprint density at radius 3 is 3.06 bits per heavy atom. The summed E-state index contributed by atoms with van der Waals surface area (Å²) >= 11 is 5.88. The van der Waals surface area contributed by atoms with Crippen LogP contribution in [0.1, 0.15) is 12.0 Å². The van der Waals surface area contributed by atoms with Crippen LogP contribution in [0.25, 0.3) is 0 Å². The molecule has 1 N–H and O–H groups in total. The summed E-state index contributed by atoms with van der Waals surface area (Å²) in [4.78, 5) is 14.0. The van der Waals surface area contributed by atoms with Gasteiger partial charge in [0.1, 0.15) is 0 Å². The van der Waals surface area contributed by atoms with Crippen molar-refractivity contribution in [3.63, 3.8) is 0 Å². The Bertz CT molecular complexity index is 408. The molecule has 1 saturated heterocycles. The number of halogens is 1. The Labute approximate surface area is 107 Å². The van der Waals surface area contributed by atoms with Gasteiger partial charge in [0.05, 0.1) is 6.42 Å². The highest BCUT2D eigenvalue weighted by Crippen LogP contribution is 2.11. The van der Waals surface area contributed by atoms with Crippen LogP contribution < -0.4 is 5.32 Å². The van der Waals surface area contributed by atoms with Crippen molar-refractivity contribution in [2.75, 3.05) is 20.1 Å². The molecular formula is C13H17ClN2O. The molecule has 1 aromatic carbocycles. The van der Waals surface area contributed by atoms with Gasteiger partial charge in [-0.05, 0) is 37.7 Å². The van der Waals surface area contributed by atoms with Crippen LogP contribution in [0.2, 0.25) is 5.02 Å². The second-order valence-corrected chi connectivity index (χ2v) is 5.06. The lowest BCUT2D eigenvalue weighted by molar-refractivity contribution is -0.121. The molecule has 4 heteroatoms. The molecule has 0 aliphatic carbocycles. The maximum absolute atomic E-state index is 11.8. The number of rotatable bonds is 3. The molecule has 1 aliphatic rings. The number of hydrogen-bond acceptors (Lipinski definition) is 2. The summed E-state index contributed by atoms with van der Waals surface area (Å²) in [5.74, 6) is 0.0765. The highest BCUT2D eigenvalue weighted by atomic mass is 35.5. The van der Waals surface area contributed by atoms with E-state index in [-0.39, 0.29) is 5.91 Å². The van der Waals surface area contributed by atoms with Gasteiger partial charge in [0.15, 0.2) is 0 Å². The minimum Gasteiger partial charge on any atom is -0.352 e. The lowest BCUT2D eigenvalue weighted by Crippen LogP contribution is -2.37. The largest absolute Gasteiger partial charge is 0.352 e. The van der Waals surface area contributed by atoms with Gasteiger partial charge in [0.2, 0.25) is 5.91 Å². The van der Waals surface area contributed by atoms with Crippen LogP contribution in [0.5, 0.6) is 0 Å². The van der Waals surface area contributed by atoms with E-state index < -0.39 is 0 Å². The Morgan fingerprint density at radius 1 is 1.59 bits per heavy atom. The number of nitrogens with one attached hydrogen (secondary N) is 1. The van der Waals surface area contributed by atoms with E-state index in [0.717, 1.165) is 25.1 Å². The number of benzene rings is 1. The minimum absolute atomic E-state index is 0.0765. The summed E-state index contributed by atoms with van der Waals surface area (Å²) in [6, 6.07) is 7.74. The number of amides is 1. The van der Waals surface area contributed by atoms with E-state index in [4.69, 9.17) is 11.6 Å². The van der Waals surface area contributed by atoms with E-state index in [9.17, 15) is 4.79 Å². The first-order valence-corrected chi connectivity index (χ1v) is 6.23. The molecule has 1 fully saturated rings. The summed E-state index contributed by atoms with van der Waals surface area (Å²) in [6.07, 6.45) is 1.44. The van der Waals surface area contributed by atoms with Crippen molar-refractivity contribution in [1.82, 2.24) is 10.2 Å². The Kier molecular flexibility index (Phi) is 4.02. The van der Waals surface area contributed by atoms with Crippen LogP contribution >= 0.6 is 11.6 Å².